The Morgan fingerprint density at radius 1 is 1.41 bits per heavy atom. The molecule has 17 heavy (non-hydrogen) atoms. The molecule has 1 atom stereocenters. The van der Waals surface area contributed by atoms with Crippen LogP contribution in [-0.2, 0) is 4.79 Å². The van der Waals surface area contributed by atoms with Crippen LogP contribution in [0.25, 0.3) is 0 Å². The Morgan fingerprint density at radius 3 is 2.65 bits per heavy atom. The second kappa shape index (κ2) is 5.56. The minimum absolute atomic E-state index is 0.0511. The Labute approximate surface area is 106 Å². The summed E-state index contributed by atoms with van der Waals surface area (Å²) in [7, 11) is 0. The highest BCUT2D eigenvalue weighted by molar-refractivity contribution is 7.99. The molecule has 1 fully saturated rings. The monoisotopic (exact) mass is 250 g/mol. The normalized spacial score (nSPS) is 19.6. The molecule has 0 aliphatic carbocycles. The number of anilines is 1. The fourth-order valence-corrected chi connectivity index (χ4v) is 2.69. The molecule has 1 aliphatic rings. The first-order chi connectivity index (χ1) is 8.16. The molecule has 1 amide bonds. The molecule has 1 aromatic rings. The number of hydrogen-bond donors (Lipinski definition) is 2. The van der Waals surface area contributed by atoms with Gasteiger partial charge in [-0.25, -0.2) is 0 Å². The van der Waals surface area contributed by atoms with E-state index in [9.17, 15) is 4.79 Å². The van der Waals surface area contributed by atoms with Crippen LogP contribution in [0.15, 0.2) is 24.3 Å². The van der Waals surface area contributed by atoms with Crippen LogP contribution in [-0.4, -0.2) is 23.6 Å². The van der Waals surface area contributed by atoms with E-state index in [0.717, 1.165) is 17.3 Å². The van der Waals surface area contributed by atoms with Gasteiger partial charge in [-0.15, -0.1) is 11.8 Å². The van der Waals surface area contributed by atoms with Gasteiger partial charge in [0.05, 0.1) is 6.04 Å². The zero-order chi connectivity index (χ0) is 12.3. The zero-order valence-corrected chi connectivity index (χ0v) is 11.0. The Kier molecular flexibility index (Phi) is 4.07. The van der Waals surface area contributed by atoms with E-state index in [-0.39, 0.29) is 11.9 Å². The number of carbonyl (C=O) groups excluding carboxylic acids is 1. The zero-order valence-electron chi connectivity index (χ0n) is 10.2. The summed E-state index contributed by atoms with van der Waals surface area (Å²) in [6, 6.07) is 8.02. The first-order valence-corrected chi connectivity index (χ1v) is 7.04. The smallest absolute Gasteiger partial charge is 0.242 e. The number of benzene rings is 1. The average molecular weight is 250 g/mol. The fraction of sp³-hybridized carbons (Fsp3) is 0.462. The van der Waals surface area contributed by atoms with Gasteiger partial charge in [0, 0.05) is 17.3 Å². The third-order valence-corrected chi connectivity index (χ3v) is 3.82. The maximum atomic E-state index is 11.8. The summed E-state index contributed by atoms with van der Waals surface area (Å²) >= 11 is 1.76. The number of amides is 1. The largest absolute Gasteiger partial charge is 0.325 e. The summed E-state index contributed by atoms with van der Waals surface area (Å²) in [5, 5.41) is 6.09. The highest BCUT2D eigenvalue weighted by Crippen LogP contribution is 2.18. The quantitative estimate of drug-likeness (QED) is 0.865. The van der Waals surface area contributed by atoms with Gasteiger partial charge in [-0.3, -0.25) is 10.1 Å². The van der Waals surface area contributed by atoms with E-state index in [1.165, 1.54) is 5.56 Å². The molecule has 3 nitrogen and oxygen atoms in total. The molecule has 1 aromatic carbocycles. The van der Waals surface area contributed by atoms with Crippen LogP contribution in [0, 0.1) is 0 Å². The molecule has 0 radical (unpaired) electrons. The number of rotatable bonds is 3. The van der Waals surface area contributed by atoms with Gasteiger partial charge in [-0.2, -0.15) is 0 Å². The van der Waals surface area contributed by atoms with E-state index in [0.29, 0.717) is 5.92 Å². The topological polar surface area (TPSA) is 41.1 Å². The van der Waals surface area contributed by atoms with Crippen LogP contribution >= 0.6 is 11.8 Å². The molecule has 1 unspecified atom stereocenters. The van der Waals surface area contributed by atoms with Crippen molar-refractivity contribution in [3.63, 3.8) is 0 Å². The number of hydrogen-bond acceptors (Lipinski definition) is 3. The molecule has 92 valence electrons. The number of carbonyl (C=O) groups is 1. The lowest BCUT2D eigenvalue weighted by Gasteiger charge is -2.11. The van der Waals surface area contributed by atoms with Crippen molar-refractivity contribution in [3.05, 3.63) is 29.8 Å². The molecule has 0 spiro atoms. The fourth-order valence-electron chi connectivity index (χ4n) is 1.74. The van der Waals surface area contributed by atoms with Crippen molar-refractivity contribution in [2.75, 3.05) is 16.9 Å². The molecule has 2 rings (SSSR count). The molecule has 1 aliphatic heterocycles. The van der Waals surface area contributed by atoms with Crippen molar-refractivity contribution < 1.29 is 4.79 Å². The molecule has 0 aromatic heterocycles. The van der Waals surface area contributed by atoms with Crippen molar-refractivity contribution >= 4 is 23.4 Å². The van der Waals surface area contributed by atoms with Crippen LogP contribution in [0.4, 0.5) is 5.69 Å². The van der Waals surface area contributed by atoms with Gasteiger partial charge in [-0.1, -0.05) is 26.0 Å². The second-order valence-electron chi connectivity index (χ2n) is 4.54. The van der Waals surface area contributed by atoms with E-state index in [1.807, 2.05) is 12.1 Å². The van der Waals surface area contributed by atoms with E-state index in [4.69, 9.17) is 0 Å². The van der Waals surface area contributed by atoms with Crippen LogP contribution in [0.2, 0.25) is 0 Å². The molecule has 1 heterocycles. The maximum absolute atomic E-state index is 11.8. The summed E-state index contributed by atoms with van der Waals surface area (Å²) in [5.74, 6) is 2.31. The van der Waals surface area contributed by atoms with Gasteiger partial charge < -0.3 is 5.32 Å². The Bertz CT molecular complexity index is 383. The van der Waals surface area contributed by atoms with E-state index in [1.54, 1.807) is 11.8 Å². The van der Waals surface area contributed by atoms with E-state index < -0.39 is 0 Å². The van der Waals surface area contributed by atoms with Gasteiger partial charge in [-0.05, 0) is 23.6 Å². The first-order valence-electron chi connectivity index (χ1n) is 5.89. The molecule has 1 saturated heterocycles. The van der Waals surface area contributed by atoms with Gasteiger partial charge in [0.15, 0.2) is 0 Å². The highest BCUT2D eigenvalue weighted by atomic mass is 32.2. The molecule has 0 bridgehead atoms. The van der Waals surface area contributed by atoms with E-state index >= 15 is 0 Å². The second-order valence-corrected chi connectivity index (χ2v) is 5.57. The lowest BCUT2D eigenvalue weighted by Crippen LogP contribution is -2.37. The highest BCUT2D eigenvalue weighted by Gasteiger charge is 2.22. The van der Waals surface area contributed by atoms with Crippen molar-refractivity contribution in [2.45, 2.75) is 25.8 Å². The summed E-state index contributed by atoms with van der Waals surface area (Å²) < 4.78 is 0. The molecule has 0 saturated carbocycles. The molecule has 4 heteroatoms. The maximum Gasteiger partial charge on any atom is 0.242 e. The lowest BCUT2D eigenvalue weighted by atomic mass is 10.0. The van der Waals surface area contributed by atoms with Gasteiger partial charge in [0.25, 0.3) is 0 Å². The Balaban J connectivity index is 1.96. The summed E-state index contributed by atoms with van der Waals surface area (Å²) in [6.07, 6.45) is 0. The van der Waals surface area contributed by atoms with Crippen LogP contribution in [0.3, 0.4) is 0 Å². The van der Waals surface area contributed by atoms with Crippen LogP contribution in [0.1, 0.15) is 25.3 Å². The van der Waals surface area contributed by atoms with E-state index in [2.05, 4.69) is 36.6 Å². The van der Waals surface area contributed by atoms with Crippen molar-refractivity contribution in [1.29, 1.82) is 0 Å². The minimum atomic E-state index is -0.0511. The molecular formula is C13H18N2OS. The number of nitrogens with one attached hydrogen (secondary N) is 2. The lowest BCUT2D eigenvalue weighted by molar-refractivity contribution is -0.117. The predicted molar refractivity (Wildman–Crippen MR) is 73.4 cm³/mol. The van der Waals surface area contributed by atoms with Gasteiger partial charge >= 0.3 is 0 Å². The minimum Gasteiger partial charge on any atom is -0.325 e. The third-order valence-electron chi connectivity index (χ3n) is 2.88. The van der Waals surface area contributed by atoms with Crippen LogP contribution in [0.5, 0.6) is 0 Å². The Morgan fingerprint density at radius 2 is 2.12 bits per heavy atom. The van der Waals surface area contributed by atoms with Crippen molar-refractivity contribution in [1.82, 2.24) is 5.32 Å². The predicted octanol–water partition coefficient (Wildman–Crippen LogP) is 2.41. The standard InChI is InChI=1S/C13H18N2OS/c1-9(2)10-3-5-11(6-4-10)15-13(16)12-7-17-8-14-12/h3-6,9,12,14H,7-8H2,1-2H3,(H,15,16). The summed E-state index contributed by atoms with van der Waals surface area (Å²) in [6.45, 7) is 4.32. The molecular weight excluding hydrogens is 232 g/mol. The van der Waals surface area contributed by atoms with Crippen LogP contribution < -0.4 is 10.6 Å². The average Bonchev–Trinajstić information content (AvgIpc) is 2.83. The molecule has 2 N–H and O–H groups in total. The Hall–Kier alpha value is -1.00. The van der Waals surface area contributed by atoms with Gasteiger partial charge in [0.1, 0.15) is 0 Å². The SMILES string of the molecule is CC(C)c1ccc(NC(=O)C2CSCN2)cc1. The summed E-state index contributed by atoms with van der Waals surface area (Å²) in [4.78, 5) is 11.8. The van der Waals surface area contributed by atoms with Crippen molar-refractivity contribution in [3.8, 4) is 0 Å². The van der Waals surface area contributed by atoms with Crippen molar-refractivity contribution in [2.24, 2.45) is 0 Å². The third kappa shape index (κ3) is 3.23. The first kappa shape index (κ1) is 12.5. The van der Waals surface area contributed by atoms with Gasteiger partial charge in [0.2, 0.25) is 5.91 Å². The number of thioether (sulfide) groups is 1. The summed E-state index contributed by atoms with van der Waals surface area (Å²) in [5.41, 5.74) is 2.16.